The lowest BCUT2D eigenvalue weighted by molar-refractivity contribution is 0.0233. The number of nitrogens with zero attached hydrogens (tertiary/aromatic N) is 2. The van der Waals surface area contributed by atoms with Crippen molar-refractivity contribution in [3.05, 3.63) is 71.4 Å². The van der Waals surface area contributed by atoms with Gasteiger partial charge in [0, 0.05) is 29.8 Å². The third-order valence-electron chi connectivity index (χ3n) is 4.20. The van der Waals surface area contributed by atoms with Crippen molar-refractivity contribution in [2.75, 3.05) is 13.2 Å². The number of halogens is 2. The van der Waals surface area contributed by atoms with Crippen LogP contribution in [0.3, 0.4) is 0 Å². The topological polar surface area (TPSA) is 71.0 Å². The Kier molecular flexibility index (Phi) is 7.35. The van der Waals surface area contributed by atoms with Gasteiger partial charge in [0.15, 0.2) is 0 Å². The van der Waals surface area contributed by atoms with Gasteiger partial charge in [0.1, 0.15) is 28.6 Å². The van der Waals surface area contributed by atoms with Crippen molar-refractivity contribution in [1.29, 1.82) is 0 Å². The molecule has 0 fully saturated rings. The monoisotopic (exact) mass is 419 g/mol. The lowest BCUT2D eigenvalue weighted by atomic mass is 10.1. The minimum absolute atomic E-state index is 0.106. The van der Waals surface area contributed by atoms with Crippen molar-refractivity contribution in [3.63, 3.8) is 0 Å². The van der Waals surface area contributed by atoms with E-state index < -0.39 is 17.7 Å². The molecule has 1 atom stereocenters. The van der Waals surface area contributed by atoms with E-state index in [4.69, 9.17) is 4.74 Å². The van der Waals surface area contributed by atoms with Gasteiger partial charge in [-0.05, 0) is 29.7 Å². The Labute approximate surface area is 172 Å². The molecule has 1 unspecified atom stereocenters. The maximum absolute atomic E-state index is 13.6. The summed E-state index contributed by atoms with van der Waals surface area (Å²) in [5, 5.41) is 9.82. The molecule has 0 aliphatic heterocycles. The SMILES string of the molecule is CC(C)c1[nH]c(C(Cc2cccnc2)OCCO)nc1Sc1cc(F)cc(F)c1. The van der Waals surface area contributed by atoms with E-state index in [1.54, 1.807) is 12.4 Å². The van der Waals surface area contributed by atoms with Crippen molar-refractivity contribution in [2.24, 2.45) is 0 Å². The minimum Gasteiger partial charge on any atom is -0.394 e. The quantitative estimate of drug-likeness (QED) is 0.528. The fraction of sp³-hybridized carbons (Fsp3) is 0.333. The summed E-state index contributed by atoms with van der Waals surface area (Å²) in [7, 11) is 0. The van der Waals surface area contributed by atoms with E-state index in [0.29, 0.717) is 22.2 Å². The lowest BCUT2D eigenvalue weighted by Gasteiger charge is -2.15. The summed E-state index contributed by atoms with van der Waals surface area (Å²) in [4.78, 5) is 12.5. The van der Waals surface area contributed by atoms with E-state index in [0.717, 1.165) is 17.3 Å². The Balaban J connectivity index is 1.91. The van der Waals surface area contributed by atoms with Crippen LogP contribution in [0.4, 0.5) is 8.78 Å². The molecule has 29 heavy (non-hydrogen) atoms. The second-order valence-corrected chi connectivity index (χ2v) is 7.91. The average Bonchev–Trinajstić information content (AvgIpc) is 3.09. The molecular formula is C21H23F2N3O2S. The number of H-pyrrole nitrogens is 1. The summed E-state index contributed by atoms with van der Waals surface area (Å²) in [5.41, 5.74) is 1.83. The first-order valence-corrected chi connectivity index (χ1v) is 10.1. The number of aromatic amines is 1. The smallest absolute Gasteiger partial charge is 0.137 e. The molecule has 3 rings (SSSR count). The number of rotatable bonds is 9. The van der Waals surface area contributed by atoms with Crippen LogP contribution in [0.1, 0.15) is 43.0 Å². The molecule has 8 heteroatoms. The molecule has 0 radical (unpaired) electrons. The summed E-state index contributed by atoms with van der Waals surface area (Å²) < 4.78 is 33.0. The van der Waals surface area contributed by atoms with Gasteiger partial charge in [0.25, 0.3) is 0 Å². The second kappa shape index (κ2) is 9.96. The van der Waals surface area contributed by atoms with Crippen molar-refractivity contribution >= 4 is 11.8 Å². The van der Waals surface area contributed by atoms with Gasteiger partial charge in [0.05, 0.1) is 18.9 Å². The highest BCUT2D eigenvalue weighted by atomic mass is 32.2. The highest BCUT2D eigenvalue weighted by Gasteiger charge is 2.22. The third kappa shape index (κ3) is 5.85. The number of ether oxygens (including phenoxy) is 1. The van der Waals surface area contributed by atoms with E-state index >= 15 is 0 Å². The predicted molar refractivity (Wildman–Crippen MR) is 107 cm³/mol. The molecule has 5 nitrogen and oxygen atoms in total. The Bertz CT molecular complexity index is 915. The molecular weight excluding hydrogens is 396 g/mol. The van der Waals surface area contributed by atoms with Crippen LogP contribution in [0.15, 0.2) is 52.6 Å². The van der Waals surface area contributed by atoms with E-state index in [2.05, 4.69) is 15.0 Å². The first kappa shape index (κ1) is 21.4. The van der Waals surface area contributed by atoms with Crippen LogP contribution in [0, 0.1) is 11.6 Å². The number of hydrogen-bond acceptors (Lipinski definition) is 5. The number of aliphatic hydroxyl groups is 1. The highest BCUT2D eigenvalue weighted by molar-refractivity contribution is 7.99. The zero-order chi connectivity index (χ0) is 20.8. The van der Waals surface area contributed by atoms with Crippen LogP contribution < -0.4 is 0 Å². The molecule has 0 aliphatic rings. The normalized spacial score (nSPS) is 12.5. The molecule has 1 aromatic carbocycles. The van der Waals surface area contributed by atoms with Crippen LogP contribution in [0.2, 0.25) is 0 Å². The minimum atomic E-state index is -0.630. The van der Waals surface area contributed by atoms with E-state index in [9.17, 15) is 13.9 Å². The number of nitrogens with one attached hydrogen (secondary N) is 1. The molecule has 0 bridgehead atoms. The van der Waals surface area contributed by atoms with Crippen LogP contribution in [-0.4, -0.2) is 33.3 Å². The van der Waals surface area contributed by atoms with Crippen molar-refractivity contribution < 1.29 is 18.6 Å². The molecule has 0 spiro atoms. The summed E-state index contributed by atoms with van der Waals surface area (Å²) in [6.45, 7) is 4.09. The van der Waals surface area contributed by atoms with Gasteiger partial charge in [0.2, 0.25) is 0 Å². The zero-order valence-corrected chi connectivity index (χ0v) is 17.0. The van der Waals surface area contributed by atoms with E-state index in [1.807, 2.05) is 26.0 Å². The second-order valence-electron chi connectivity index (χ2n) is 6.85. The van der Waals surface area contributed by atoms with Gasteiger partial charge in [-0.15, -0.1) is 0 Å². The Morgan fingerprint density at radius 1 is 1.21 bits per heavy atom. The summed E-state index contributed by atoms with van der Waals surface area (Å²) >= 11 is 1.20. The maximum Gasteiger partial charge on any atom is 0.137 e. The zero-order valence-electron chi connectivity index (χ0n) is 16.2. The van der Waals surface area contributed by atoms with Crippen molar-refractivity contribution in [3.8, 4) is 0 Å². The largest absolute Gasteiger partial charge is 0.394 e. The first-order chi connectivity index (χ1) is 14.0. The fourth-order valence-electron chi connectivity index (χ4n) is 2.87. The highest BCUT2D eigenvalue weighted by Crippen LogP contribution is 2.35. The molecule has 2 aromatic heterocycles. The fourth-order valence-corrected chi connectivity index (χ4v) is 3.98. The van der Waals surface area contributed by atoms with Crippen molar-refractivity contribution in [1.82, 2.24) is 15.0 Å². The third-order valence-corrected chi connectivity index (χ3v) is 5.18. The number of aromatic nitrogens is 3. The predicted octanol–water partition coefficient (Wildman–Crippen LogP) is 4.65. The molecule has 0 saturated carbocycles. The Morgan fingerprint density at radius 2 is 1.97 bits per heavy atom. The van der Waals surface area contributed by atoms with Gasteiger partial charge in [-0.3, -0.25) is 4.98 Å². The first-order valence-electron chi connectivity index (χ1n) is 9.31. The number of imidazole rings is 1. The lowest BCUT2D eigenvalue weighted by Crippen LogP contribution is -2.12. The van der Waals surface area contributed by atoms with Gasteiger partial charge < -0.3 is 14.8 Å². The van der Waals surface area contributed by atoms with Crippen molar-refractivity contribution in [2.45, 2.75) is 42.2 Å². The molecule has 2 N–H and O–H groups in total. The van der Waals surface area contributed by atoms with Crippen LogP contribution in [0.5, 0.6) is 0 Å². The summed E-state index contributed by atoms with van der Waals surface area (Å²) in [5.74, 6) is -0.537. The van der Waals surface area contributed by atoms with Crippen LogP contribution in [0.25, 0.3) is 0 Å². The maximum atomic E-state index is 13.6. The van der Waals surface area contributed by atoms with E-state index in [1.165, 1.54) is 23.9 Å². The number of benzene rings is 1. The Hall–Kier alpha value is -2.29. The standard InChI is InChI=1S/C21H23F2N3O2S/c1-13(2)19-21(29-17-10-15(22)9-16(23)11-17)26-20(25-19)18(28-7-6-27)8-14-4-3-5-24-12-14/h3-5,9-13,18,27H,6-8H2,1-2H3,(H,25,26). The Morgan fingerprint density at radius 3 is 2.59 bits per heavy atom. The van der Waals surface area contributed by atoms with Gasteiger partial charge >= 0.3 is 0 Å². The summed E-state index contributed by atoms with van der Waals surface area (Å²) in [6, 6.07) is 7.19. The molecule has 3 aromatic rings. The summed E-state index contributed by atoms with van der Waals surface area (Å²) in [6.07, 6.45) is 3.57. The van der Waals surface area contributed by atoms with Gasteiger partial charge in [-0.2, -0.15) is 0 Å². The molecule has 0 amide bonds. The van der Waals surface area contributed by atoms with Gasteiger partial charge in [-0.25, -0.2) is 13.8 Å². The number of pyridine rings is 1. The molecule has 2 heterocycles. The molecule has 154 valence electrons. The molecule has 0 aliphatic carbocycles. The number of aliphatic hydroxyl groups excluding tert-OH is 1. The average molecular weight is 419 g/mol. The van der Waals surface area contributed by atoms with E-state index in [-0.39, 0.29) is 19.1 Å². The van der Waals surface area contributed by atoms with Gasteiger partial charge in [-0.1, -0.05) is 31.7 Å². The number of hydrogen-bond donors (Lipinski definition) is 2. The molecule has 0 saturated heterocycles. The van der Waals surface area contributed by atoms with Crippen LogP contribution >= 0.6 is 11.8 Å². The van der Waals surface area contributed by atoms with Crippen LogP contribution in [-0.2, 0) is 11.2 Å².